The van der Waals surface area contributed by atoms with Gasteiger partial charge in [-0.15, -0.1) is 0 Å². The molecule has 0 spiro atoms. The first-order valence-corrected chi connectivity index (χ1v) is 10.6. The van der Waals surface area contributed by atoms with Crippen molar-refractivity contribution >= 4 is 6.09 Å². The lowest BCUT2D eigenvalue weighted by atomic mass is 10.1. The van der Waals surface area contributed by atoms with Crippen molar-refractivity contribution in [3.8, 4) is 0 Å². The standard InChI is InChI=1S/C21H44N2O2/c1-6-8-10-12-14-16-18-23(19-17-15-13-11-9-7-2)22-20(24)25-21(3,4)5/h6-19H2,1-5H3,(H,22,24). The number of ether oxygens (including phenoxy) is 1. The zero-order valence-electron chi connectivity index (χ0n) is 17.7. The first-order valence-electron chi connectivity index (χ1n) is 10.6. The third-order valence-corrected chi connectivity index (χ3v) is 4.21. The summed E-state index contributed by atoms with van der Waals surface area (Å²) in [5.41, 5.74) is 2.50. The van der Waals surface area contributed by atoms with Crippen LogP contribution in [0.4, 0.5) is 4.79 Å². The summed E-state index contributed by atoms with van der Waals surface area (Å²) in [6, 6.07) is 0. The van der Waals surface area contributed by atoms with Crippen molar-refractivity contribution in [2.45, 2.75) is 117 Å². The summed E-state index contributed by atoms with van der Waals surface area (Å²) >= 11 is 0. The van der Waals surface area contributed by atoms with E-state index in [9.17, 15) is 4.79 Å². The van der Waals surface area contributed by atoms with Gasteiger partial charge in [0, 0.05) is 13.1 Å². The maximum Gasteiger partial charge on any atom is 0.422 e. The summed E-state index contributed by atoms with van der Waals surface area (Å²) in [7, 11) is 0. The lowest BCUT2D eigenvalue weighted by molar-refractivity contribution is 0.0323. The fourth-order valence-corrected chi connectivity index (χ4v) is 2.82. The van der Waals surface area contributed by atoms with Gasteiger partial charge in [0.05, 0.1) is 0 Å². The molecule has 0 radical (unpaired) electrons. The van der Waals surface area contributed by atoms with E-state index in [1.165, 1.54) is 64.2 Å². The Morgan fingerprint density at radius 2 is 1.16 bits per heavy atom. The molecule has 0 fully saturated rings. The quantitative estimate of drug-likeness (QED) is 0.271. The van der Waals surface area contributed by atoms with E-state index in [1.807, 2.05) is 20.8 Å². The number of hydrogen-bond donors (Lipinski definition) is 1. The third kappa shape index (κ3) is 17.8. The molecule has 0 heterocycles. The molecule has 0 atom stereocenters. The van der Waals surface area contributed by atoms with E-state index in [4.69, 9.17) is 4.74 Å². The van der Waals surface area contributed by atoms with Crippen molar-refractivity contribution in [2.75, 3.05) is 13.1 Å². The largest absolute Gasteiger partial charge is 0.443 e. The molecule has 0 aromatic carbocycles. The third-order valence-electron chi connectivity index (χ3n) is 4.21. The van der Waals surface area contributed by atoms with Gasteiger partial charge in [0.15, 0.2) is 0 Å². The van der Waals surface area contributed by atoms with Gasteiger partial charge in [-0.25, -0.2) is 9.80 Å². The first kappa shape index (κ1) is 24.2. The summed E-state index contributed by atoms with van der Waals surface area (Å²) in [6.45, 7) is 12.0. The van der Waals surface area contributed by atoms with Gasteiger partial charge in [-0.3, -0.25) is 5.43 Å². The maximum absolute atomic E-state index is 12.0. The molecule has 0 aromatic rings. The highest BCUT2D eigenvalue weighted by Crippen LogP contribution is 2.10. The molecule has 0 aliphatic rings. The van der Waals surface area contributed by atoms with E-state index in [2.05, 4.69) is 24.3 Å². The van der Waals surface area contributed by atoms with E-state index in [1.54, 1.807) is 0 Å². The van der Waals surface area contributed by atoms with Gasteiger partial charge in [0.2, 0.25) is 0 Å². The Hall–Kier alpha value is -0.770. The van der Waals surface area contributed by atoms with Gasteiger partial charge in [0.25, 0.3) is 0 Å². The van der Waals surface area contributed by atoms with Crippen LogP contribution in [-0.2, 0) is 4.74 Å². The molecule has 1 N–H and O–H groups in total. The number of nitrogens with one attached hydrogen (secondary N) is 1. The Bertz CT molecular complexity index is 298. The summed E-state index contributed by atoms with van der Waals surface area (Å²) in [5, 5.41) is 2.06. The number of nitrogens with zero attached hydrogens (tertiary/aromatic N) is 1. The number of amides is 1. The van der Waals surface area contributed by atoms with Crippen LogP contribution in [0.25, 0.3) is 0 Å². The molecule has 0 saturated heterocycles. The lowest BCUT2D eigenvalue weighted by Gasteiger charge is -2.26. The molecule has 4 heteroatoms. The molecule has 0 rings (SSSR count). The summed E-state index contributed by atoms with van der Waals surface area (Å²) < 4.78 is 5.40. The molecule has 4 nitrogen and oxygen atoms in total. The van der Waals surface area contributed by atoms with Gasteiger partial charge < -0.3 is 4.74 Å². The van der Waals surface area contributed by atoms with Crippen LogP contribution in [0.5, 0.6) is 0 Å². The zero-order chi connectivity index (χ0) is 19.0. The molecule has 0 aromatic heterocycles. The van der Waals surface area contributed by atoms with Crippen molar-refractivity contribution in [1.29, 1.82) is 0 Å². The predicted octanol–water partition coefficient (Wildman–Crippen LogP) is 6.45. The van der Waals surface area contributed by atoms with Gasteiger partial charge in [-0.05, 0) is 33.6 Å². The Kier molecular flexibility index (Phi) is 15.0. The van der Waals surface area contributed by atoms with Crippen LogP contribution in [0.2, 0.25) is 0 Å². The SMILES string of the molecule is CCCCCCCCN(CCCCCCCC)NC(=O)OC(C)(C)C. The summed E-state index contributed by atoms with van der Waals surface area (Å²) in [6.07, 6.45) is 14.9. The van der Waals surface area contributed by atoms with Crippen molar-refractivity contribution in [3.63, 3.8) is 0 Å². The monoisotopic (exact) mass is 356 g/mol. The van der Waals surface area contributed by atoms with E-state index in [0.717, 1.165) is 25.9 Å². The molecule has 0 aliphatic carbocycles. The van der Waals surface area contributed by atoms with Crippen LogP contribution in [-0.4, -0.2) is 29.8 Å². The van der Waals surface area contributed by atoms with E-state index in [-0.39, 0.29) is 6.09 Å². The number of hydrazine groups is 1. The molecular weight excluding hydrogens is 312 g/mol. The number of hydrogen-bond acceptors (Lipinski definition) is 3. The average molecular weight is 357 g/mol. The van der Waals surface area contributed by atoms with Crippen molar-refractivity contribution in [3.05, 3.63) is 0 Å². The minimum atomic E-state index is -0.448. The Labute approximate surface area is 157 Å². The van der Waals surface area contributed by atoms with Crippen LogP contribution >= 0.6 is 0 Å². The molecular formula is C21H44N2O2. The smallest absolute Gasteiger partial charge is 0.422 e. The van der Waals surface area contributed by atoms with Gasteiger partial charge in [-0.2, -0.15) is 0 Å². The fourth-order valence-electron chi connectivity index (χ4n) is 2.82. The van der Waals surface area contributed by atoms with Crippen LogP contribution in [0.1, 0.15) is 112 Å². The molecule has 0 saturated carbocycles. The predicted molar refractivity (Wildman–Crippen MR) is 108 cm³/mol. The highest BCUT2D eigenvalue weighted by Gasteiger charge is 2.18. The first-order chi connectivity index (χ1) is 11.9. The minimum Gasteiger partial charge on any atom is -0.443 e. The topological polar surface area (TPSA) is 41.6 Å². The Morgan fingerprint density at radius 3 is 1.56 bits per heavy atom. The molecule has 1 amide bonds. The van der Waals surface area contributed by atoms with E-state index in [0.29, 0.717) is 0 Å². The second-order valence-electron chi connectivity index (χ2n) is 8.14. The molecule has 0 unspecified atom stereocenters. The molecule has 0 bridgehead atoms. The van der Waals surface area contributed by atoms with Crippen LogP contribution < -0.4 is 5.43 Å². The van der Waals surface area contributed by atoms with Crippen molar-refractivity contribution in [2.24, 2.45) is 0 Å². The Morgan fingerprint density at radius 1 is 0.760 bits per heavy atom. The van der Waals surface area contributed by atoms with Crippen molar-refractivity contribution in [1.82, 2.24) is 10.4 Å². The number of carbonyl (C=O) groups is 1. The minimum absolute atomic E-state index is 0.329. The lowest BCUT2D eigenvalue weighted by Crippen LogP contribution is -2.45. The molecule has 0 aliphatic heterocycles. The number of rotatable bonds is 15. The molecule has 25 heavy (non-hydrogen) atoms. The Balaban J connectivity index is 4.10. The van der Waals surface area contributed by atoms with Gasteiger partial charge >= 0.3 is 6.09 Å². The van der Waals surface area contributed by atoms with Gasteiger partial charge in [-0.1, -0.05) is 78.1 Å². The number of unbranched alkanes of at least 4 members (excludes halogenated alkanes) is 10. The maximum atomic E-state index is 12.0. The highest BCUT2D eigenvalue weighted by atomic mass is 16.6. The molecule has 150 valence electrons. The normalized spacial score (nSPS) is 11.8. The zero-order valence-corrected chi connectivity index (χ0v) is 17.7. The highest BCUT2D eigenvalue weighted by molar-refractivity contribution is 5.67. The summed E-state index contributed by atoms with van der Waals surface area (Å²) in [5.74, 6) is 0. The number of carbonyl (C=O) groups excluding carboxylic acids is 1. The van der Waals surface area contributed by atoms with Crippen LogP contribution in [0.3, 0.4) is 0 Å². The average Bonchev–Trinajstić information content (AvgIpc) is 2.51. The van der Waals surface area contributed by atoms with E-state index < -0.39 is 5.60 Å². The second-order valence-corrected chi connectivity index (χ2v) is 8.14. The van der Waals surface area contributed by atoms with Crippen LogP contribution in [0, 0.1) is 0 Å². The van der Waals surface area contributed by atoms with E-state index >= 15 is 0 Å². The fraction of sp³-hybridized carbons (Fsp3) is 0.952. The van der Waals surface area contributed by atoms with Crippen LogP contribution in [0.15, 0.2) is 0 Å². The summed E-state index contributed by atoms with van der Waals surface area (Å²) in [4.78, 5) is 12.0. The second kappa shape index (κ2) is 15.5. The van der Waals surface area contributed by atoms with Gasteiger partial charge in [0.1, 0.15) is 5.60 Å². The van der Waals surface area contributed by atoms with Crippen molar-refractivity contribution < 1.29 is 9.53 Å².